The van der Waals surface area contributed by atoms with Crippen molar-refractivity contribution in [1.29, 1.82) is 0 Å². The Balaban J connectivity index is 2.01. The molecule has 1 N–H and O–H groups in total. The molecular weight excluding hydrogens is 278 g/mol. The maximum atomic E-state index is 13.9. The van der Waals surface area contributed by atoms with Crippen molar-refractivity contribution in [3.63, 3.8) is 0 Å². The molecule has 0 aliphatic heterocycles. The Morgan fingerprint density at radius 3 is 2.55 bits per heavy atom. The van der Waals surface area contributed by atoms with E-state index >= 15 is 0 Å². The molecule has 1 aromatic heterocycles. The summed E-state index contributed by atoms with van der Waals surface area (Å²) in [5.41, 5.74) is 1.84. The SMILES string of the molecule is Fc1ccc2[nH]c(=S)n(CCc3ccccc3)c2c1F. The summed E-state index contributed by atoms with van der Waals surface area (Å²) in [6.45, 7) is 0.503. The number of halogens is 2. The first-order chi connectivity index (χ1) is 9.66. The van der Waals surface area contributed by atoms with Gasteiger partial charge in [0, 0.05) is 6.54 Å². The van der Waals surface area contributed by atoms with Crippen LogP contribution in [-0.2, 0) is 13.0 Å². The lowest BCUT2D eigenvalue weighted by atomic mass is 10.1. The number of H-pyrrole nitrogens is 1. The second kappa shape index (κ2) is 5.17. The van der Waals surface area contributed by atoms with E-state index < -0.39 is 11.6 Å². The number of imidazole rings is 1. The van der Waals surface area contributed by atoms with Crippen molar-refractivity contribution in [2.24, 2.45) is 0 Å². The Labute approximate surface area is 119 Å². The van der Waals surface area contributed by atoms with Crippen molar-refractivity contribution in [2.45, 2.75) is 13.0 Å². The number of aryl methyl sites for hydroxylation is 2. The van der Waals surface area contributed by atoms with Gasteiger partial charge in [-0.1, -0.05) is 30.3 Å². The van der Waals surface area contributed by atoms with Crippen molar-refractivity contribution >= 4 is 23.3 Å². The van der Waals surface area contributed by atoms with Gasteiger partial charge in [0.25, 0.3) is 0 Å². The molecule has 3 rings (SSSR count). The maximum absolute atomic E-state index is 13.9. The molecule has 102 valence electrons. The second-order valence-corrected chi connectivity index (χ2v) is 4.96. The normalized spacial score (nSPS) is 11.1. The molecule has 1 heterocycles. The molecule has 20 heavy (non-hydrogen) atoms. The molecule has 0 radical (unpaired) electrons. The summed E-state index contributed by atoms with van der Waals surface area (Å²) in [6.07, 6.45) is 0.706. The number of hydrogen-bond donors (Lipinski definition) is 1. The summed E-state index contributed by atoms with van der Waals surface area (Å²) in [6, 6.07) is 12.4. The average Bonchev–Trinajstić information content (AvgIpc) is 2.78. The van der Waals surface area contributed by atoms with Gasteiger partial charge in [0.05, 0.1) is 5.52 Å². The molecule has 0 unspecified atom stereocenters. The number of aromatic amines is 1. The van der Waals surface area contributed by atoms with E-state index in [4.69, 9.17) is 12.2 Å². The predicted octanol–water partition coefficient (Wildman–Crippen LogP) is 4.22. The van der Waals surface area contributed by atoms with Crippen LogP contribution in [0.25, 0.3) is 11.0 Å². The van der Waals surface area contributed by atoms with Gasteiger partial charge < -0.3 is 9.55 Å². The lowest BCUT2D eigenvalue weighted by molar-refractivity contribution is 0.510. The van der Waals surface area contributed by atoms with E-state index in [-0.39, 0.29) is 5.52 Å². The van der Waals surface area contributed by atoms with Crippen LogP contribution in [0.1, 0.15) is 5.56 Å². The maximum Gasteiger partial charge on any atom is 0.184 e. The highest BCUT2D eigenvalue weighted by molar-refractivity contribution is 7.71. The number of aromatic nitrogens is 2. The number of fused-ring (bicyclic) bond motifs is 1. The molecule has 0 aliphatic rings. The van der Waals surface area contributed by atoms with E-state index in [9.17, 15) is 8.78 Å². The van der Waals surface area contributed by atoms with Crippen molar-refractivity contribution in [1.82, 2.24) is 9.55 Å². The molecule has 0 saturated heterocycles. The van der Waals surface area contributed by atoms with Gasteiger partial charge in [0.2, 0.25) is 0 Å². The van der Waals surface area contributed by atoms with Crippen LogP contribution in [0.3, 0.4) is 0 Å². The second-order valence-electron chi connectivity index (χ2n) is 4.57. The zero-order valence-corrected chi connectivity index (χ0v) is 11.4. The fraction of sp³-hybridized carbons (Fsp3) is 0.133. The van der Waals surface area contributed by atoms with E-state index in [1.807, 2.05) is 30.3 Å². The Morgan fingerprint density at radius 1 is 1.05 bits per heavy atom. The summed E-state index contributed by atoms with van der Waals surface area (Å²) in [5, 5.41) is 0. The zero-order chi connectivity index (χ0) is 14.1. The van der Waals surface area contributed by atoms with Crippen LogP contribution in [0.15, 0.2) is 42.5 Å². The summed E-state index contributed by atoms with van der Waals surface area (Å²) in [7, 11) is 0. The molecule has 0 spiro atoms. The third kappa shape index (κ3) is 2.25. The van der Waals surface area contributed by atoms with Crippen LogP contribution in [0.2, 0.25) is 0 Å². The zero-order valence-electron chi connectivity index (χ0n) is 10.6. The van der Waals surface area contributed by atoms with E-state index in [1.54, 1.807) is 4.57 Å². The van der Waals surface area contributed by atoms with Crippen molar-refractivity contribution < 1.29 is 8.78 Å². The van der Waals surface area contributed by atoms with Gasteiger partial charge >= 0.3 is 0 Å². The van der Waals surface area contributed by atoms with Gasteiger partial charge in [-0.05, 0) is 36.3 Å². The molecule has 3 aromatic rings. The number of nitrogens with one attached hydrogen (secondary N) is 1. The first-order valence-electron chi connectivity index (χ1n) is 6.27. The van der Waals surface area contributed by atoms with E-state index in [0.717, 1.165) is 11.6 Å². The first-order valence-corrected chi connectivity index (χ1v) is 6.68. The summed E-state index contributed by atoms with van der Waals surface area (Å²) >= 11 is 5.19. The number of benzene rings is 2. The third-order valence-corrected chi connectivity index (χ3v) is 3.62. The quantitative estimate of drug-likeness (QED) is 0.716. The Hall–Kier alpha value is -2.01. The minimum absolute atomic E-state index is 0.200. The largest absolute Gasteiger partial charge is 0.330 e. The molecule has 0 amide bonds. The van der Waals surface area contributed by atoms with E-state index in [2.05, 4.69) is 4.98 Å². The van der Waals surface area contributed by atoms with Gasteiger partial charge in [-0.2, -0.15) is 0 Å². The third-order valence-electron chi connectivity index (χ3n) is 3.29. The first kappa shape index (κ1) is 13.0. The summed E-state index contributed by atoms with van der Waals surface area (Å²) in [4.78, 5) is 2.90. The lowest BCUT2D eigenvalue weighted by Gasteiger charge is -2.06. The summed E-state index contributed by atoms with van der Waals surface area (Å²) < 4.78 is 29.3. The van der Waals surface area contributed by atoms with Crippen LogP contribution in [0.5, 0.6) is 0 Å². The van der Waals surface area contributed by atoms with Crippen LogP contribution >= 0.6 is 12.2 Å². The predicted molar refractivity (Wildman–Crippen MR) is 77.2 cm³/mol. The van der Waals surface area contributed by atoms with Gasteiger partial charge in [-0.15, -0.1) is 0 Å². The molecule has 2 aromatic carbocycles. The smallest absolute Gasteiger partial charge is 0.184 e. The topological polar surface area (TPSA) is 20.7 Å². The standard InChI is InChI=1S/C15H12F2N2S/c16-11-6-7-12-14(13(11)17)19(15(20)18-12)9-8-10-4-2-1-3-5-10/h1-7H,8-9H2,(H,18,20). The van der Waals surface area contributed by atoms with Gasteiger partial charge in [0.1, 0.15) is 5.52 Å². The molecule has 0 fully saturated rings. The van der Waals surface area contributed by atoms with Crippen LogP contribution in [-0.4, -0.2) is 9.55 Å². The average molecular weight is 290 g/mol. The Kier molecular flexibility index (Phi) is 3.36. The number of nitrogens with zero attached hydrogens (tertiary/aromatic N) is 1. The molecule has 5 heteroatoms. The Morgan fingerprint density at radius 2 is 1.80 bits per heavy atom. The van der Waals surface area contributed by atoms with E-state index in [1.165, 1.54) is 6.07 Å². The number of rotatable bonds is 3. The molecular formula is C15H12F2N2S. The van der Waals surface area contributed by atoms with Crippen LogP contribution in [0.4, 0.5) is 8.78 Å². The van der Waals surface area contributed by atoms with Crippen LogP contribution in [0, 0.1) is 16.4 Å². The van der Waals surface area contributed by atoms with Crippen molar-refractivity contribution in [3.8, 4) is 0 Å². The minimum Gasteiger partial charge on any atom is -0.330 e. The van der Waals surface area contributed by atoms with Crippen molar-refractivity contribution in [2.75, 3.05) is 0 Å². The van der Waals surface area contributed by atoms with E-state index in [0.29, 0.717) is 23.3 Å². The van der Waals surface area contributed by atoms with Crippen molar-refractivity contribution in [3.05, 3.63) is 64.4 Å². The minimum atomic E-state index is -0.861. The fourth-order valence-electron chi connectivity index (χ4n) is 2.29. The van der Waals surface area contributed by atoms with Gasteiger partial charge in [-0.3, -0.25) is 0 Å². The molecule has 2 nitrogen and oxygen atoms in total. The molecule has 0 aliphatic carbocycles. The fourth-order valence-corrected chi connectivity index (χ4v) is 2.58. The highest BCUT2D eigenvalue weighted by atomic mass is 32.1. The highest BCUT2D eigenvalue weighted by Crippen LogP contribution is 2.21. The number of hydrogen-bond acceptors (Lipinski definition) is 1. The summed E-state index contributed by atoms with van der Waals surface area (Å²) in [5.74, 6) is -1.72. The molecule has 0 bridgehead atoms. The van der Waals surface area contributed by atoms with Gasteiger partial charge in [-0.25, -0.2) is 8.78 Å². The lowest BCUT2D eigenvalue weighted by Crippen LogP contribution is -2.03. The molecule has 0 saturated carbocycles. The Bertz CT molecular complexity index is 806. The highest BCUT2D eigenvalue weighted by Gasteiger charge is 2.13. The monoisotopic (exact) mass is 290 g/mol. The van der Waals surface area contributed by atoms with Crippen LogP contribution < -0.4 is 0 Å². The van der Waals surface area contributed by atoms with Gasteiger partial charge in [0.15, 0.2) is 16.4 Å². The molecule has 0 atom stereocenters.